The molecule has 0 aliphatic carbocycles. The summed E-state index contributed by atoms with van der Waals surface area (Å²) in [7, 11) is 6.62. The highest BCUT2D eigenvalue weighted by Crippen LogP contribution is 2.27. The fraction of sp³-hybridized carbons (Fsp3) is 0.833. The molecule has 0 aromatic heterocycles. The molecule has 124 valence electrons. The van der Waals surface area contributed by atoms with Crippen molar-refractivity contribution in [1.29, 1.82) is 0 Å². The molecule has 0 bridgehead atoms. The maximum atomic E-state index is 5.40. The topological polar surface area (TPSA) is 18.5 Å². The molecule has 0 heterocycles. The van der Waals surface area contributed by atoms with Gasteiger partial charge in [0.2, 0.25) is 8.77 Å². The van der Waals surface area contributed by atoms with Crippen LogP contribution in [-0.2, 0) is 9.47 Å². The zero-order valence-electron chi connectivity index (χ0n) is 12.7. The summed E-state index contributed by atoms with van der Waals surface area (Å²) in [4.78, 5) is 0. The van der Waals surface area contributed by atoms with Crippen molar-refractivity contribution in [3.05, 3.63) is 0 Å². The van der Waals surface area contributed by atoms with E-state index in [2.05, 4.69) is 0 Å². The smallest absolute Gasteiger partial charge is 0.231 e. The summed E-state index contributed by atoms with van der Waals surface area (Å²) in [5.41, 5.74) is 0. The van der Waals surface area contributed by atoms with Gasteiger partial charge in [-0.25, -0.2) is 0 Å². The summed E-state index contributed by atoms with van der Waals surface area (Å²) in [6.07, 6.45) is 0.334. The van der Waals surface area contributed by atoms with Gasteiger partial charge in [0.05, 0.1) is 12.2 Å². The highest BCUT2D eigenvalue weighted by Gasteiger charge is 2.03. The maximum Gasteiger partial charge on any atom is 0.231 e. The van der Waals surface area contributed by atoms with E-state index in [-0.39, 0.29) is 12.2 Å². The summed E-state index contributed by atoms with van der Waals surface area (Å²) < 4.78 is 12.1. The van der Waals surface area contributed by atoms with Gasteiger partial charge in [-0.05, 0) is 73.7 Å². The number of hydrogen-bond acceptors (Lipinski definition) is 9. The minimum atomic E-state index is 0.167. The van der Waals surface area contributed by atoms with Gasteiger partial charge in [0.1, 0.15) is 0 Å². The van der Waals surface area contributed by atoms with Crippen molar-refractivity contribution in [2.24, 2.45) is 0 Å². The first-order chi connectivity index (χ1) is 9.91. The number of rotatable bonds is 10. The van der Waals surface area contributed by atoms with Gasteiger partial charge in [-0.3, -0.25) is 0 Å². The highest BCUT2D eigenvalue weighted by molar-refractivity contribution is 8.84. The Morgan fingerprint density at radius 2 is 1.14 bits per heavy atom. The van der Waals surface area contributed by atoms with Gasteiger partial charge >= 0.3 is 0 Å². The fourth-order valence-corrected chi connectivity index (χ4v) is 7.19. The van der Waals surface area contributed by atoms with Gasteiger partial charge in [0.15, 0.2) is 0 Å². The molecular formula is C12H22O2S7. The van der Waals surface area contributed by atoms with Crippen LogP contribution < -0.4 is 0 Å². The Hall–Kier alpha value is 1.53. The first kappa shape index (κ1) is 22.5. The van der Waals surface area contributed by atoms with Gasteiger partial charge in [0.25, 0.3) is 0 Å². The van der Waals surface area contributed by atoms with Gasteiger partial charge < -0.3 is 9.47 Å². The molecular weight excluding hydrogens is 401 g/mol. The molecule has 0 aromatic rings. The predicted octanol–water partition coefficient (Wildman–Crippen LogP) is 5.90. The van der Waals surface area contributed by atoms with E-state index in [1.165, 1.54) is 0 Å². The summed E-state index contributed by atoms with van der Waals surface area (Å²) in [6.45, 7) is 7.95. The third-order valence-corrected chi connectivity index (χ3v) is 8.42. The van der Waals surface area contributed by atoms with Crippen LogP contribution in [0.3, 0.4) is 0 Å². The SMILES string of the molecule is CC(C)OC(=S)SSCCSCCSSC(=S)OC(C)C. The van der Waals surface area contributed by atoms with E-state index in [0.29, 0.717) is 8.77 Å². The van der Waals surface area contributed by atoms with E-state index in [4.69, 9.17) is 33.9 Å². The largest absolute Gasteiger partial charge is 0.475 e. The van der Waals surface area contributed by atoms with Crippen molar-refractivity contribution in [3.8, 4) is 0 Å². The molecule has 0 radical (unpaired) electrons. The summed E-state index contributed by atoms with van der Waals surface area (Å²) >= 11 is 12.2. The molecule has 0 N–H and O–H groups in total. The summed E-state index contributed by atoms with van der Waals surface area (Å²) in [6, 6.07) is 0. The number of ether oxygens (including phenoxy) is 2. The van der Waals surface area contributed by atoms with E-state index in [1.807, 2.05) is 39.5 Å². The second kappa shape index (κ2) is 15.1. The summed E-state index contributed by atoms with van der Waals surface area (Å²) in [5, 5.41) is 0. The fourth-order valence-electron chi connectivity index (χ4n) is 0.892. The van der Waals surface area contributed by atoms with Crippen molar-refractivity contribution in [1.82, 2.24) is 0 Å². The molecule has 2 nitrogen and oxygen atoms in total. The molecule has 0 aliphatic rings. The molecule has 0 amide bonds. The number of hydrogen-bond donors (Lipinski definition) is 0. The van der Waals surface area contributed by atoms with Crippen LogP contribution in [0, 0.1) is 0 Å². The first-order valence-electron chi connectivity index (χ1n) is 6.49. The Morgan fingerprint density at radius 1 is 0.762 bits per heavy atom. The van der Waals surface area contributed by atoms with Crippen molar-refractivity contribution < 1.29 is 9.47 Å². The van der Waals surface area contributed by atoms with Crippen molar-refractivity contribution in [2.75, 3.05) is 23.0 Å². The third-order valence-electron chi connectivity index (χ3n) is 1.54. The normalized spacial score (nSPS) is 11.0. The maximum absolute atomic E-state index is 5.40. The summed E-state index contributed by atoms with van der Waals surface area (Å²) in [5.74, 6) is 4.40. The van der Waals surface area contributed by atoms with Crippen LogP contribution in [0.1, 0.15) is 27.7 Å². The molecule has 0 unspecified atom stereocenters. The van der Waals surface area contributed by atoms with Crippen molar-refractivity contribution >= 4 is 88.1 Å². The van der Waals surface area contributed by atoms with E-state index >= 15 is 0 Å². The molecule has 0 fully saturated rings. The van der Waals surface area contributed by atoms with Crippen LogP contribution in [0.15, 0.2) is 0 Å². The van der Waals surface area contributed by atoms with E-state index in [9.17, 15) is 0 Å². The van der Waals surface area contributed by atoms with Crippen molar-refractivity contribution in [2.45, 2.75) is 39.9 Å². The Morgan fingerprint density at radius 3 is 1.48 bits per heavy atom. The molecule has 0 aromatic carbocycles. The Balaban J connectivity index is 3.26. The minimum Gasteiger partial charge on any atom is -0.475 e. The second-order valence-electron chi connectivity index (χ2n) is 4.26. The number of thioether (sulfide) groups is 1. The van der Waals surface area contributed by atoms with Gasteiger partial charge in [-0.1, -0.05) is 21.6 Å². The number of thiocarbonyl (C=S) groups is 2. The molecule has 0 saturated carbocycles. The average molecular weight is 423 g/mol. The highest BCUT2D eigenvalue weighted by atomic mass is 33.1. The van der Waals surface area contributed by atoms with Gasteiger partial charge in [-0.2, -0.15) is 11.8 Å². The van der Waals surface area contributed by atoms with Crippen LogP contribution in [0.4, 0.5) is 0 Å². The quantitative estimate of drug-likeness (QED) is 0.241. The lowest BCUT2D eigenvalue weighted by molar-refractivity contribution is 0.243. The van der Waals surface area contributed by atoms with Crippen LogP contribution in [0.5, 0.6) is 0 Å². The van der Waals surface area contributed by atoms with Crippen LogP contribution in [0.2, 0.25) is 0 Å². The molecule has 21 heavy (non-hydrogen) atoms. The zero-order valence-corrected chi connectivity index (χ0v) is 18.4. The van der Waals surface area contributed by atoms with Crippen LogP contribution >= 0.6 is 79.4 Å². The van der Waals surface area contributed by atoms with Crippen molar-refractivity contribution in [3.63, 3.8) is 0 Å². The monoisotopic (exact) mass is 422 g/mol. The lowest BCUT2D eigenvalue weighted by atomic mass is 10.5. The minimum absolute atomic E-state index is 0.167. The first-order valence-corrected chi connectivity index (χ1v) is 13.1. The third kappa shape index (κ3) is 17.7. The predicted molar refractivity (Wildman–Crippen MR) is 115 cm³/mol. The Bertz CT molecular complexity index is 269. The van der Waals surface area contributed by atoms with E-state index in [1.54, 1.807) is 43.2 Å². The van der Waals surface area contributed by atoms with Crippen LogP contribution in [-0.4, -0.2) is 44.0 Å². The molecule has 0 aliphatic heterocycles. The lowest BCUT2D eigenvalue weighted by Crippen LogP contribution is -2.05. The second-order valence-corrected chi connectivity index (χ2v) is 11.5. The van der Waals surface area contributed by atoms with Gasteiger partial charge in [0, 0.05) is 23.0 Å². The van der Waals surface area contributed by atoms with Gasteiger partial charge in [-0.15, -0.1) is 0 Å². The molecule has 0 rings (SSSR count). The standard InChI is InChI=1S/C12H22O2S7/c1-9(2)13-11(15)20-18-7-5-17-6-8-19-21-12(16)14-10(3)4/h9-10H,5-8H2,1-4H3. The zero-order chi connectivity index (χ0) is 16.1. The lowest BCUT2D eigenvalue weighted by Gasteiger charge is -2.09. The molecule has 0 atom stereocenters. The van der Waals surface area contributed by atoms with E-state index in [0.717, 1.165) is 23.0 Å². The Kier molecular flexibility index (Phi) is 16.2. The Labute approximate surface area is 159 Å². The molecule has 9 heteroatoms. The van der Waals surface area contributed by atoms with E-state index < -0.39 is 0 Å². The average Bonchev–Trinajstić information content (AvgIpc) is 2.34. The van der Waals surface area contributed by atoms with Crippen LogP contribution in [0.25, 0.3) is 0 Å². The molecule has 0 spiro atoms. The molecule has 0 saturated heterocycles.